The van der Waals surface area contributed by atoms with Gasteiger partial charge in [0.2, 0.25) is 5.88 Å². The van der Waals surface area contributed by atoms with Crippen LogP contribution in [-0.4, -0.2) is 34.1 Å². The third-order valence-electron chi connectivity index (χ3n) is 3.47. The zero-order valence-electron chi connectivity index (χ0n) is 12.3. The largest absolute Gasteiger partial charge is 0.479 e. The minimum absolute atomic E-state index is 0.0700. The Balaban J connectivity index is 2.48. The Morgan fingerprint density at radius 2 is 2.04 bits per heavy atom. The molecule has 0 aliphatic rings. The number of aryl methyl sites for hydroxylation is 1. The molecule has 2 heterocycles. The molecule has 0 radical (unpaired) electrons. The Kier molecular flexibility index (Phi) is 3.46. The van der Waals surface area contributed by atoms with E-state index in [1.165, 1.54) is 25.3 Å². The fraction of sp³-hybridized carbons (Fsp3) is 0.267. The summed E-state index contributed by atoms with van der Waals surface area (Å²) in [5.74, 6) is 0.442. The van der Waals surface area contributed by atoms with Crippen molar-refractivity contribution in [3.63, 3.8) is 0 Å². The first-order valence-corrected chi connectivity index (χ1v) is 6.70. The first-order chi connectivity index (χ1) is 10.8. The van der Waals surface area contributed by atoms with Gasteiger partial charge in [-0.1, -0.05) is 0 Å². The van der Waals surface area contributed by atoms with E-state index in [4.69, 9.17) is 4.74 Å². The first kappa shape index (κ1) is 15.3. The number of methoxy groups -OCH3 is 1. The number of aldehydes is 1. The van der Waals surface area contributed by atoms with Gasteiger partial charge >= 0.3 is 6.18 Å². The predicted octanol–water partition coefficient (Wildman–Crippen LogP) is 3.28. The zero-order valence-corrected chi connectivity index (χ0v) is 12.3. The highest BCUT2D eigenvalue weighted by Gasteiger charge is 2.31. The summed E-state index contributed by atoms with van der Waals surface area (Å²) in [6, 6.07) is 4.46. The summed E-state index contributed by atoms with van der Waals surface area (Å²) in [7, 11) is 1.34. The van der Waals surface area contributed by atoms with E-state index in [0.29, 0.717) is 34.1 Å². The van der Waals surface area contributed by atoms with E-state index in [1.54, 1.807) is 6.92 Å². The van der Waals surface area contributed by atoms with Crippen LogP contribution in [-0.2, 0) is 6.54 Å². The number of alkyl halides is 3. The fourth-order valence-corrected chi connectivity index (χ4v) is 2.63. The average molecular weight is 323 g/mol. The Bertz CT molecular complexity index is 916. The third kappa shape index (κ3) is 2.60. The molecule has 0 unspecified atom stereocenters. The van der Waals surface area contributed by atoms with Crippen LogP contribution in [0, 0.1) is 6.92 Å². The summed E-state index contributed by atoms with van der Waals surface area (Å²) in [6.45, 7) is 0.425. The van der Waals surface area contributed by atoms with Gasteiger partial charge in [0.05, 0.1) is 12.6 Å². The van der Waals surface area contributed by atoms with E-state index in [9.17, 15) is 18.0 Å². The molecule has 0 spiro atoms. The molecule has 120 valence electrons. The number of benzene rings is 1. The van der Waals surface area contributed by atoms with Crippen LogP contribution < -0.4 is 4.74 Å². The summed E-state index contributed by atoms with van der Waals surface area (Å²) < 4.78 is 45.1. The van der Waals surface area contributed by atoms with Crippen molar-refractivity contribution in [3.05, 3.63) is 29.6 Å². The molecule has 0 N–H and O–H groups in total. The molecule has 5 nitrogen and oxygen atoms in total. The average Bonchev–Trinajstić information content (AvgIpc) is 2.78. The van der Waals surface area contributed by atoms with Gasteiger partial charge in [-0.15, -0.1) is 0 Å². The van der Waals surface area contributed by atoms with Crippen molar-refractivity contribution in [2.45, 2.75) is 19.6 Å². The SMILES string of the molecule is COc1nc(C)nc2c3cc(C=O)ccc3n(CC(F)(F)F)c12. The van der Waals surface area contributed by atoms with Gasteiger partial charge in [-0.25, -0.2) is 4.98 Å². The molecule has 0 bridgehead atoms. The lowest BCUT2D eigenvalue weighted by atomic mass is 10.1. The molecule has 23 heavy (non-hydrogen) atoms. The summed E-state index contributed by atoms with van der Waals surface area (Å²) in [4.78, 5) is 19.3. The number of rotatable bonds is 3. The molecule has 0 saturated heterocycles. The number of fused-ring (bicyclic) bond motifs is 3. The van der Waals surface area contributed by atoms with Crippen LogP contribution in [0.5, 0.6) is 5.88 Å². The van der Waals surface area contributed by atoms with E-state index >= 15 is 0 Å². The van der Waals surface area contributed by atoms with Gasteiger partial charge in [-0.3, -0.25) is 4.79 Å². The van der Waals surface area contributed by atoms with Gasteiger partial charge in [0.25, 0.3) is 0 Å². The first-order valence-electron chi connectivity index (χ1n) is 6.70. The number of ether oxygens (including phenoxy) is 1. The summed E-state index contributed by atoms with van der Waals surface area (Å²) in [5, 5.41) is 0.456. The number of halogens is 3. The molecule has 0 aliphatic heterocycles. The molecule has 0 amide bonds. The number of nitrogens with zero attached hydrogens (tertiary/aromatic N) is 3. The highest BCUT2D eigenvalue weighted by molar-refractivity contribution is 6.08. The molecular formula is C15H12F3N3O2. The second-order valence-electron chi connectivity index (χ2n) is 5.07. The van der Waals surface area contributed by atoms with Crippen molar-refractivity contribution in [1.29, 1.82) is 0 Å². The van der Waals surface area contributed by atoms with Gasteiger partial charge < -0.3 is 9.30 Å². The number of hydrogen-bond donors (Lipinski definition) is 0. The van der Waals surface area contributed by atoms with E-state index in [2.05, 4.69) is 9.97 Å². The van der Waals surface area contributed by atoms with Crippen molar-refractivity contribution in [2.75, 3.05) is 7.11 Å². The van der Waals surface area contributed by atoms with Gasteiger partial charge in [-0.2, -0.15) is 18.2 Å². The lowest BCUT2D eigenvalue weighted by Gasteiger charge is -2.12. The van der Waals surface area contributed by atoms with Crippen LogP contribution in [0.4, 0.5) is 13.2 Å². The van der Waals surface area contributed by atoms with Crippen LogP contribution in [0.3, 0.4) is 0 Å². The van der Waals surface area contributed by atoms with Crippen LogP contribution in [0.15, 0.2) is 18.2 Å². The maximum absolute atomic E-state index is 13.0. The summed E-state index contributed by atoms with van der Waals surface area (Å²) >= 11 is 0. The van der Waals surface area contributed by atoms with Crippen LogP contribution >= 0.6 is 0 Å². The second kappa shape index (κ2) is 5.22. The van der Waals surface area contributed by atoms with E-state index in [1.807, 2.05) is 0 Å². The van der Waals surface area contributed by atoms with Gasteiger partial charge in [0.15, 0.2) is 0 Å². The van der Waals surface area contributed by atoms with Gasteiger partial charge in [0, 0.05) is 10.9 Å². The second-order valence-corrected chi connectivity index (χ2v) is 5.07. The molecule has 3 rings (SSSR count). The quantitative estimate of drug-likeness (QED) is 0.694. The molecule has 2 aromatic heterocycles. The lowest BCUT2D eigenvalue weighted by Crippen LogP contribution is -2.17. The van der Waals surface area contributed by atoms with Gasteiger partial charge in [0.1, 0.15) is 29.7 Å². The van der Waals surface area contributed by atoms with Crippen molar-refractivity contribution in [2.24, 2.45) is 0 Å². The van der Waals surface area contributed by atoms with Crippen molar-refractivity contribution in [3.8, 4) is 5.88 Å². The molecule has 0 saturated carbocycles. The minimum Gasteiger partial charge on any atom is -0.479 e. The number of aromatic nitrogens is 3. The summed E-state index contributed by atoms with van der Waals surface area (Å²) in [6.07, 6.45) is -3.78. The van der Waals surface area contributed by atoms with Crippen LogP contribution in [0.25, 0.3) is 21.9 Å². The van der Waals surface area contributed by atoms with Crippen molar-refractivity contribution < 1.29 is 22.7 Å². The lowest BCUT2D eigenvalue weighted by molar-refractivity contribution is -0.139. The highest BCUT2D eigenvalue weighted by atomic mass is 19.4. The Morgan fingerprint density at radius 3 is 2.65 bits per heavy atom. The van der Waals surface area contributed by atoms with E-state index in [0.717, 1.165) is 4.57 Å². The van der Waals surface area contributed by atoms with Crippen LogP contribution in [0.1, 0.15) is 16.2 Å². The topological polar surface area (TPSA) is 57.0 Å². The van der Waals surface area contributed by atoms with Crippen LogP contribution in [0.2, 0.25) is 0 Å². The fourth-order valence-electron chi connectivity index (χ4n) is 2.63. The Hall–Kier alpha value is -2.64. The van der Waals surface area contributed by atoms with Gasteiger partial charge in [-0.05, 0) is 25.1 Å². The molecule has 3 aromatic rings. The normalized spacial score (nSPS) is 12.0. The van der Waals surface area contributed by atoms with E-state index < -0.39 is 12.7 Å². The maximum Gasteiger partial charge on any atom is 0.406 e. The van der Waals surface area contributed by atoms with Crippen molar-refractivity contribution in [1.82, 2.24) is 14.5 Å². The maximum atomic E-state index is 13.0. The molecule has 0 aliphatic carbocycles. The number of hydrogen-bond acceptors (Lipinski definition) is 4. The molecule has 1 aromatic carbocycles. The highest BCUT2D eigenvalue weighted by Crippen LogP contribution is 2.35. The van der Waals surface area contributed by atoms with E-state index in [-0.39, 0.29) is 11.4 Å². The molecule has 0 atom stereocenters. The molecule has 8 heteroatoms. The molecule has 0 fully saturated rings. The van der Waals surface area contributed by atoms with Crippen molar-refractivity contribution >= 4 is 28.2 Å². The number of carbonyl (C=O) groups excluding carboxylic acids is 1. The smallest absolute Gasteiger partial charge is 0.406 e. The monoisotopic (exact) mass is 323 g/mol. The minimum atomic E-state index is -4.42. The molecular weight excluding hydrogens is 311 g/mol. The predicted molar refractivity (Wildman–Crippen MR) is 77.8 cm³/mol. The summed E-state index contributed by atoms with van der Waals surface area (Å²) in [5.41, 5.74) is 1.17. The zero-order chi connectivity index (χ0) is 16.8. The standard InChI is InChI=1S/C15H12F3N3O2/c1-8-19-12-10-5-9(6-22)3-4-11(10)21(7-15(16,17)18)13(12)14(20-8)23-2/h3-6H,7H2,1-2H3. The number of carbonyl (C=O) groups is 1. The Morgan fingerprint density at radius 1 is 1.30 bits per heavy atom. The Labute approximate surface area is 128 Å². The third-order valence-corrected chi connectivity index (χ3v) is 3.47.